The van der Waals surface area contributed by atoms with Gasteiger partial charge in [0.1, 0.15) is 0 Å². The summed E-state index contributed by atoms with van der Waals surface area (Å²) in [6.07, 6.45) is 1.54. The Morgan fingerprint density at radius 2 is 1.74 bits per heavy atom. The van der Waals surface area contributed by atoms with Crippen molar-refractivity contribution in [3.8, 4) is 0 Å². The van der Waals surface area contributed by atoms with Gasteiger partial charge in [-0.05, 0) is 36.8 Å². The molecule has 2 amide bonds. The van der Waals surface area contributed by atoms with Gasteiger partial charge in [0.25, 0.3) is 11.8 Å². The van der Waals surface area contributed by atoms with Crippen LogP contribution in [0, 0.1) is 6.92 Å². The minimum absolute atomic E-state index is 0.160. The molecule has 118 valence electrons. The van der Waals surface area contributed by atoms with Gasteiger partial charge in [0, 0.05) is 10.6 Å². The van der Waals surface area contributed by atoms with Gasteiger partial charge in [0.2, 0.25) is 0 Å². The Hall–Kier alpha value is -2.66. The maximum atomic E-state index is 11.8. The smallest absolute Gasteiger partial charge is 0.259 e. The number of benzene rings is 2. The average molecular weight is 330 g/mol. The van der Waals surface area contributed by atoms with Crippen LogP contribution in [0.15, 0.2) is 53.6 Å². The third-order valence-electron chi connectivity index (χ3n) is 3.00. The topological polar surface area (TPSA) is 70.6 Å². The Labute approximate surface area is 139 Å². The molecule has 2 rings (SSSR count). The van der Waals surface area contributed by atoms with Crippen LogP contribution in [-0.4, -0.2) is 24.6 Å². The van der Waals surface area contributed by atoms with Crippen LogP contribution in [0.1, 0.15) is 21.5 Å². The lowest BCUT2D eigenvalue weighted by Gasteiger charge is -2.04. The first-order valence-corrected chi connectivity index (χ1v) is 7.35. The first kappa shape index (κ1) is 16.7. The SMILES string of the molecule is Cc1ccc(/C=N/NC(=O)CNC(=O)c2ccc(Cl)cc2)cc1. The molecule has 0 fully saturated rings. The lowest BCUT2D eigenvalue weighted by atomic mass is 10.2. The predicted octanol–water partition coefficient (Wildman–Crippen LogP) is 2.53. The third-order valence-corrected chi connectivity index (χ3v) is 3.25. The van der Waals surface area contributed by atoms with Crippen LogP contribution in [0.25, 0.3) is 0 Å². The molecule has 5 nitrogen and oxygen atoms in total. The lowest BCUT2D eigenvalue weighted by Crippen LogP contribution is -2.34. The van der Waals surface area contributed by atoms with Crippen LogP contribution in [0.5, 0.6) is 0 Å². The molecule has 0 unspecified atom stereocenters. The summed E-state index contributed by atoms with van der Waals surface area (Å²) in [5, 5.41) is 6.89. The number of carbonyl (C=O) groups excluding carboxylic acids is 2. The van der Waals surface area contributed by atoms with Gasteiger partial charge >= 0.3 is 0 Å². The number of rotatable bonds is 5. The van der Waals surface area contributed by atoms with E-state index in [0.29, 0.717) is 10.6 Å². The zero-order chi connectivity index (χ0) is 16.7. The second-order valence-corrected chi connectivity index (χ2v) is 5.33. The first-order valence-electron chi connectivity index (χ1n) is 6.97. The molecule has 0 aliphatic rings. The molecule has 0 aliphatic carbocycles. The molecule has 0 atom stereocenters. The summed E-state index contributed by atoms with van der Waals surface area (Å²) in [7, 11) is 0. The van der Waals surface area contributed by atoms with E-state index in [1.807, 2.05) is 31.2 Å². The predicted molar refractivity (Wildman–Crippen MR) is 90.7 cm³/mol. The highest BCUT2D eigenvalue weighted by atomic mass is 35.5. The zero-order valence-corrected chi connectivity index (χ0v) is 13.3. The van der Waals surface area contributed by atoms with Crippen molar-refractivity contribution in [2.24, 2.45) is 5.10 Å². The van der Waals surface area contributed by atoms with Crippen LogP contribution >= 0.6 is 11.6 Å². The summed E-state index contributed by atoms with van der Waals surface area (Å²) in [5.41, 5.74) is 4.82. The summed E-state index contributed by atoms with van der Waals surface area (Å²) in [6, 6.07) is 14.1. The summed E-state index contributed by atoms with van der Waals surface area (Å²) in [4.78, 5) is 23.4. The number of carbonyl (C=O) groups is 2. The van der Waals surface area contributed by atoms with Gasteiger partial charge in [-0.25, -0.2) is 5.43 Å². The monoisotopic (exact) mass is 329 g/mol. The van der Waals surface area contributed by atoms with Gasteiger partial charge in [0.15, 0.2) is 0 Å². The fourth-order valence-corrected chi connectivity index (χ4v) is 1.86. The van der Waals surface area contributed by atoms with Crippen molar-refractivity contribution in [1.82, 2.24) is 10.7 Å². The van der Waals surface area contributed by atoms with Gasteiger partial charge in [-0.15, -0.1) is 0 Å². The quantitative estimate of drug-likeness (QED) is 0.653. The van der Waals surface area contributed by atoms with Crippen molar-refractivity contribution in [3.63, 3.8) is 0 Å². The zero-order valence-electron chi connectivity index (χ0n) is 12.5. The number of hydrogen-bond donors (Lipinski definition) is 2. The maximum Gasteiger partial charge on any atom is 0.259 e. The Balaban J connectivity index is 1.77. The number of hydrazone groups is 1. The fraction of sp³-hybridized carbons (Fsp3) is 0.118. The van der Waals surface area contributed by atoms with E-state index < -0.39 is 5.91 Å². The second kappa shape index (κ2) is 8.10. The Morgan fingerprint density at radius 3 is 2.39 bits per heavy atom. The van der Waals surface area contributed by atoms with Gasteiger partial charge in [0.05, 0.1) is 12.8 Å². The highest BCUT2D eigenvalue weighted by molar-refractivity contribution is 6.30. The van der Waals surface area contributed by atoms with Gasteiger partial charge in [-0.3, -0.25) is 9.59 Å². The normalized spacial score (nSPS) is 10.5. The number of aryl methyl sites for hydroxylation is 1. The number of amides is 2. The molecule has 2 aromatic carbocycles. The van der Waals surface area contributed by atoms with Crippen molar-refractivity contribution in [3.05, 3.63) is 70.2 Å². The molecule has 0 aromatic heterocycles. The minimum atomic E-state index is -0.407. The first-order chi connectivity index (χ1) is 11.0. The molecule has 23 heavy (non-hydrogen) atoms. The van der Waals surface area contributed by atoms with Gasteiger partial charge in [-0.2, -0.15) is 5.10 Å². The van der Waals surface area contributed by atoms with Crippen molar-refractivity contribution >= 4 is 29.6 Å². The van der Waals surface area contributed by atoms with Crippen molar-refractivity contribution < 1.29 is 9.59 Å². The summed E-state index contributed by atoms with van der Waals surface area (Å²) in [5.74, 6) is -0.755. The Morgan fingerprint density at radius 1 is 1.09 bits per heavy atom. The molecular formula is C17H16ClN3O2. The van der Waals surface area contributed by atoms with E-state index in [2.05, 4.69) is 15.8 Å². The van der Waals surface area contributed by atoms with Crippen LogP contribution in [0.4, 0.5) is 0 Å². The van der Waals surface area contributed by atoms with Crippen LogP contribution in [0.2, 0.25) is 5.02 Å². The third kappa shape index (κ3) is 5.56. The molecule has 2 N–H and O–H groups in total. The van der Waals surface area contributed by atoms with Gasteiger partial charge in [-0.1, -0.05) is 41.4 Å². The highest BCUT2D eigenvalue weighted by Crippen LogP contribution is 2.09. The second-order valence-electron chi connectivity index (χ2n) is 4.89. The van der Waals surface area contributed by atoms with E-state index >= 15 is 0 Å². The van der Waals surface area contributed by atoms with Crippen molar-refractivity contribution in [1.29, 1.82) is 0 Å². The largest absolute Gasteiger partial charge is 0.343 e. The van der Waals surface area contributed by atoms with E-state index in [0.717, 1.165) is 11.1 Å². The van der Waals surface area contributed by atoms with E-state index in [1.54, 1.807) is 30.5 Å². The van der Waals surface area contributed by atoms with Crippen molar-refractivity contribution in [2.75, 3.05) is 6.54 Å². The van der Waals surface area contributed by atoms with E-state index in [4.69, 9.17) is 11.6 Å². The van der Waals surface area contributed by atoms with E-state index in [1.165, 1.54) is 0 Å². The summed E-state index contributed by atoms with van der Waals surface area (Å²) >= 11 is 5.75. The van der Waals surface area contributed by atoms with Crippen LogP contribution in [-0.2, 0) is 4.79 Å². The summed E-state index contributed by atoms with van der Waals surface area (Å²) in [6.45, 7) is 1.83. The molecule has 0 aliphatic heterocycles. The number of hydrogen-bond acceptors (Lipinski definition) is 3. The molecule has 0 saturated heterocycles. The fourth-order valence-electron chi connectivity index (χ4n) is 1.73. The minimum Gasteiger partial charge on any atom is -0.343 e. The molecule has 0 saturated carbocycles. The van der Waals surface area contributed by atoms with Crippen LogP contribution < -0.4 is 10.7 Å². The molecular weight excluding hydrogens is 314 g/mol. The van der Waals surface area contributed by atoms with E-state index in [9.17, 15) is 9.59 Å². The van der Waals surface area contributed by atoms with Crippen LogP contribution in [0.3, 0.4) is 0 Å². The molecule has 0 radical (unpaired) electrons. The van der Waals surface area contributed by atoms with E-state index in [-0.39, 0.29) is 12.5 Å². The van der Waals surface area contributed by atoms with Crippen molar-refractivity contribution in [2.45, 2.75) is 6.92 Å². The lowest BCUT2D eigenvalue weighted by molar-refractivity contribution is -0.120. The Bertz CT molecular complexity index is 710. The molecule has 0 heterocycles. The van der Waals surface area contributed by atoms with Gasteiger partial charge < -0.3 is 5.32 Å². The average Bonchev–Trinajstić information content (AvgIpc) is 2.55. The number of halogens is 1. The maximum absolute atomic E-state index is 11.8. The summed E-state index contributed by atoms with van der Waals surface area (Å²) < 4.78 is 0. The number of nitrogens with zero attached hydrogens (tertiary/aromatic N) is 1. The number of nitrogens with one attached hydrogen (secondary N) is 2. The molecule has 0 spiro atoms. The molecule has 2 aromatic rings. The standard InChI is InChI=1S/C17H16ClN3O2/c1-12-2-4-13(5-3-12)10-20-21-16(22)11-19-17(23)14-6-8-15(18)9-7-14/h2-10H,11H2,1H3,(H,19,23)(H,21,22)/b20-10+. The molecule has 6 heteroatoms. The Kier molecular flexibility index (Phi) is 5.88. The highest BCUT2D eigenvalue weighted by Gasteiger charge is 2.07. The molecule has 0 bridgehead atoms.